The molecule has 2 aromatic rings. The maximum Gasteiger partial charge on any atom is 0.171 e. The van der Waals surface area contributed by atoms with Gasteiger partial charge in [-0.2, -0.15) is 0 Å². The van der Waals surface area contributed by atoms with Crippen LogP contribution in [-0.2, 0) is 0 Å². The smallest absolute Gasteiger partial charge is 0.171 e. The van der Waals surface area contributed by atoms with Crippen molar-refractivity contribution >= 4 is 23.0 Å². The molecule has 24 heavy (non-hydrogen) atoms. The Morgan fingerprint density at radius 3 is 2.29 bits per heavy atom. The summed E-state index contributed by atoms with van der Waals surface area (Å²) in [5.41, 5.74) is 3.32. The van der Waals surface area contributed by atoms with Crippen molar-refractivity contribution in [2.24, 2.45) is 0 Å². The fourth-order valence-electron chi connectivity index (χ4n) is 2.46. The number of aryl methyl sites for hydroxylation is 1. The van der Waals surface area contributed by atoms with Gasteiger partial charge in [0.2, 0.25) is 0 Å². The molecule has 0 aliphatic carbocycles. The summed E-state index contributed by atoms with van der Waals surface area (Å²) in [6.45, 7) is 4.22. The standard InChI is InChI=1S/C19H24N2O2S/c1-5-16(14-8-6-13(2)7-9-14)21-19(24)20-15-10-11-17(22-3)18(12-15)23-4/h6-12,16H,5H2,1-4H3,(H2,20,21,24)/t16-/m1/s1. The summed E-state index contributed by atoms with van der Waals surface area (Å²) >= 11 is 5.45. The van der Waals surface area contributed by atoms with Crippen LogP contribution < -0.4 is 20.1 Å². The molecule has 2 aromatic carbocycles. The Bertz CT molecular complexity index is 686. The molecular weight excluding hydrogens is 320 g/mol. The van der Waals surface area contributed by atoms with Crippen LogP contribution in [0.25, 0.3) is 0 Å². The fraction of sp³-hybridized carbons (Fsp3) is 0.316. The zero-order valence-electron chi connectivity index (χ0n) is 14.6. The SMILES string of the molecule is CC[C@@H](NC(=S)Nc1ccc(OC)c(OC)c1)c1ccc(C)cc1. The van der Waals surface area contributed by atoms with Gasteiger partial charge in [0.1, 0.15) is 0 Å². The van der Waals surface area contributed by atoms with Gasteiger partial charge in [0.15, 0.2) is 16.6 Å². The van der Waals surface area contributed by atoms with Crippen LogP contribution >= 0.6 is 12.2 Å². The van der Waals surface area contributed by atoms with Crippen LogP contribution in [0.3, 0.4) is 0 Å². The van der Waals surface area contributed by atoms with Crippen LogP contribution in [-0.4, -0.2) is 19.3 Å². The lowest BCUT2D eigenvalue weighted by Crippen LogP contribution is -2.32. The summed E-state index contributed by atoms with van der Waals surface area (Å²) in [4.78, 5) is 0. The van der Waals surface area contributed by atoms with Crippen molar-refractivity contribution < 1.29 is 9.47 Å². The van der Waals surface area contributed by atoms with Gasteiger partial charge in [-0.15, -0.1) is 0 Å². The Morgan fingerprint density at radius 2 is 1.71 bits per heavy atom. The van der Waals surface area contributed by atoms with E-state index in [2.05, 4.69) is 48.7 Å². The Morgan fingerprint density at radius 1 is 1.04 bits per heavy atom. The molecule has 0 aliphatic rings. The second-order valence-corrected chi connectivity index (χ2v) is 5.95. The van der Waals surface area contributed by atoms with E-state index in [0.29, 0.717) is 16.6 Å². The van der Waals surface area contributed by atoms with E-state index in [0.717, 1.165) is 12.1 Å². The Kier molecular flexibility index (Phi) is 6.44. The summed E-state index contributed by atoms with van der Waals surface area (Å²) in [6.07, 6.45) is 0.941. The van der Waals surface area contributed by atoms with E-state index in [1.807, 2.05) is 18.2 Å². The predicted octanol–water partition coefficient (Wildman–Crippen LogP) is 4.45. The quantitative estimate of drug-likeness (QED) is 0.758. The molecule has 0 aromatic heterocycles. The number of nitrogens with one attached hydrogen (secondary N) is 2. The molecule has 0 unspecified atom stereocenters. The molecule has 0 bridgehead atoms. The Hall–Kier alpha value is -2.27. The highest BCUT2D eigenvalue weighted by atomic mass is 32.1. The number of thiocarbonyl (C=S) groups is 1. The summed E-state index contributed by atoms with van der Waals surface area (Å²) in [6, 6.07) is 14.3. The number of hydrogen-bond donors (Lipinski definition) is 2. The first kappa shape index (κ1) is 18.1. The fourth-order valence-corrected chi connectivity index (χ4v) is 2.72. The molecular formula is C19H24N2O2S. The molecule has 2 N–H and O–H groups in total. The van der Waals surface area contributed by atoms with E-state index < -0.39 is 0 Å². The van der Waals surface area contributed by atoms with Crippen molar-refractivity contribution in [3.05, 3.63) is 53.6 Å². The minimum absolute atomic E-state index is 0.172. The largest absolute Gasteiger partial charge is 0.493 e. The van der Waals surface area contributed by atoms with Crippen LogP contribution in [0, 0.1) is 6.92 Å². The summed E-state index contributed by atoms with van der Waals surface area (Å²) in [5, 5.41) is 7.14. The van der Waals surface area contributed by atoms with Crippen molar-refractivity contribution in [1.82, 2.24) is 5.32 Å². The van der Waals surface area contributed by atoms with Crippen molar-refractivity contribution in [3.8, 4) is 11.5 Å². The van der Waals surface area contributed by atoms with E-state index >= 15 is 0 Å². The molecule has 0 saturated heterocycles. The molecule has 0 aliphatic heterocycles. The van der Waals surface area contributed by atoms with Crippen molar-refractivity contribution in [1.29, 1.82) is 0 Å². The van der Waals surface area contributed by atoms with E-state index in [-0.39, 0.29) is 6.04 Å². The number of ether oxygens (including phenoxy) is 2. The minimum atomic E-state index is 0.172. The highest BCUT2D eigenvalue weighted by Crippen LogP contribution is 2.29. The molecule has 0 saturated carbocycles. The third-order valence-electron chi connectivity index (χ3n) is 3.83. The van der Waals surface area contributed by atoms with E-state index in [1.54, 1.807) is 14.2 Å². The molecule has 0 heterocycles. The molecule has 5 heteroatoms. The van der Waals surface area contributed by atoms with Crippen LogP contribution in [0.4, 0.5) is 5.69 Å². The van der Waals surface area contributed by atoms with Gasteiger partial charge in [-0.1, -0.05) is 36.8 Å². The van der Waals surface area contributed by atoms with E-state index in [4.69, 9.17) is 21.7 Å². The maximum absolute atomic E-state index is 5.45. The molecule has 0 spiro atoms. The molecule has 0 amide bonds. The van der Waals surface area contributed by atoms with Gasteiger partial charge in [-0.25, -0.2) is 0 Å². The topological polar surface area (TPSA) is 42.5 Å². The zero-order valence-corrected chi connectivity index (χ0v) is 15.4. The minimum Gasteiger partial charge on any atom is -0.493 e. The summed E-state index contributed by atoms with van der Waals surface area (Å²) in [7, 11) is 3.23. The number of hydrogen-bond acceptors (Lipinski definition) is 3. The number of anilines is 1. The van der Waals surface area contributed by atoms with Crippen LogP contribution in [0.5, 0.6) is 11.5 Å². The lowest BCUT2D eigenvalue weighted by atomic mass is 10.0. The predicted molar refractivity (Wildman–Crippen MR) is 103 cm³/mol. The van der Waals surface area contributed by atoms with Gasteiger partial charge in [0.05, 0.1) is 20.3 Å². The van der Waals surface area contributed by atoms with E-state index in [1.165, 1.54) is 11.1 Å². The lowest BCUT2D eigenvalue weighted by molar-refractivity contribution is 0.355. The van der Waals surface area contributed by atoms with Crippen molar-refractivity contribution in [3.63, 3.8) is 0 Å². The number of rotatable bonds is 6. The molecule has 0 fully saturated rings. The van der Waals surface area contributed by atoms with Gasteiger partial charge in [-0.05, 0) is 43.3 Å². The lowest BCUT2D eigenvalue weighted by Gasteiger charge is -2.20. The third kappa shape index (κ3) is 4.61. The molecule has 128 valence electrons. The normalized spacial score (nSPS) is 11.5. The second-order valence-electron chi connectivity index (χ2n) is 5.54. The van der Waals surface area contributed by atoms with Crippen molar-refractivity contribution in [2.45, 2.75) is 26.3 Å². The van der Waals surface area contributed by atoms with E-state index in [9.17, 15) is 0 Å². The molecule has 0 radical (unpaired) electrons. The van der Waals surface area contributed by atoms with Gasteiger partial charge < -0.3 is 20.1 Å². The van der Waals surface area contributed by atoms with Crippen LogP contribution in [0.1, 0.15) is 30.5 Å². The van der Waals surface area contributed by atoms with Crippen LogP contribution in [0.2, 0.25) is 0 Å². The average molecular weight is 344 g/mol. The first-order chi connectivity index (χ1) is 11.6. The Labute approximate surface area is 149 Å². The average Bonchev–Trinajstić information content (AvgIpc) is 2.60. The maximum atomic E-state index is 5.45. The van der Waals surface area contributed by atoms with Gasteiger partial charge in [0.25, 0.3) is 0 Å². The van der Waals surface area contributed by atoms with Gasteiger partial charge >= 0.3 is 0 Å². The monoisotopic (exact) mass is 344 g/mol. The summed E-state index contributed by atoms with van der Waals surface area (Å²) < 4.78 is 10.6. The summed E-state index contributed by atoms with van der Waals surface area (Å²) in [5.74, 6) is 1.35. The first-order valence-corrected chi connectivity index (χ1v) is 8.34. The van der Waals surface area contributed by atoms with Gasteiger partial charge in [-0.3, -0.25) is 0 Å². The molecule has 1 atom stereocenters. The zero-order chi connectivity index (χ0) is 17.5. The Balaban J connectivity index is 2.05. The highest BCUT2D eigenvalue weighted by molar-refractivity contribution is 7.80. The van der Waals surface area contributed by atoms with Crippen LogP contribution in [0.15, 0.2) is 42.5 Å². The first-order valence-electron chi connectivity index (χ1n) is 7.93. The third-order valence-corrected chi connectivity index (χ3v) is 4.05. The second kappa shape index (κ2) is 8.55. The molecule has 2 rings (SSSR count). The van der Waals surface area contributed by atoms with Gasteiger partial charge in [0, 0.05) is 11.8 Å². The molecule has 4 nitrogen and oxygen atoms in total. The van der Waals surface area contributed by atoms with Crippen molar-refractivity contribution in [2.75, 3.05) is 19.5 Å². The number of benzene rings is 2. The highest BCUT2D eigenvalue weighted by Gasteiger charge is 2.11. The number of methoxy groups -OCH3 is 2.